The Balaban J connectivity index is 2.69. The summed E-state index contributed by atoms with van der Waals surface area (Å²) in [6.45, 7) is 3.40. The van der Waals surface area contributed by atoms with E-state index in [1.165, 1.54) is 4.31 Å². The van der Waals surface area contributed by atoms with Crippen molar-refractivity contribution in [3.05, 3.63) is 0 Å². The molecule has 1 saturated heterocycles. The van der Waals surface area contributed by atoms with Crippen molar-refractivity contribution in [3.63, 3.8) is 0 Å². The van der Waals surface area contributed by atoms with E-state index in [4.69, 9.17) is 0 Å². The minimum atomic E-state index is -3.19. The Morgan fingerprint density at radius 3 is 2.64 bits per heavy atom. The van der Waals surface area contributed by atoms with Gasteiger partial charge in [0.15, 0.2) is 0 Å². The lowest BCUT2D eigenvalue weighted by atomic mass is 10.3. The molecule has 14 heavy (non-hydrogen) atoms. The number of rotatable bonds is 3. The van der Waals surface area contributed by atoms with Crippen LogP contribution >= 0.6 is 11.8 Å². The third-order valence-corrected chi connectivity index (χ3v) is 5.62. The van der Waals surface area contributed by atoms with E-state index in [1.807, 2.05) is 11.8 Å². The molecular formula is C8H18N2O2S2. The summed E-state index contributed by atoms with van der Waals surface area (Å²) in [6, 6.07) is 0. The summed E-state index contributed by atoms with van der Waals surface area (Å²) in [5.41, 5.74) is 0. The Labute approximate surface area is 90.8 Å². The maximum Gasteiger partial charge on any atom is 0.281 e. The summed E-state index contributed by atoms with van der Waals surface area (Å²) in [6.07, 6.45) is 1.03. The Morgan fingerprint density at radius 2 is 2.14 bits per heavy atom. The van der Waals surface area contributed by atoms with E-state index in [-0.39, 0.29) is 0 Å². The third kappa shape index (κ3) is 2.62. The molecule has 0 aliphatic carbocycles. The van der Waals surface area contributed by atoms with Crippen LogP contribution in [-0.2, 0) is 10.2 Å². The predicted octanol–water partition coefficient (Wildman–Crippen LogP) is 0.620. The Bertz CT molecular complexity index is 277. The van der Waals surface area contributed by atoms with Crippen LogP contribution in [0.1, 0.15) is 13.3 Å². The van der Waals surface area contributed by atoms with E-state index < -0.39 is 10.2 Å². The number of thioether (sulfide) groups is 1. The minimum Gasteiger partial charge on any atom is -0.195 e. The van der Waals surface area contributed by atoms with Gasteiger partial charge in [-0.2, -0.15) is 28.8 Å². The zero-order valence-electron chi connectivity index (χ0n) is 8.93. The van der Waals surface area contributed by atoms with E-state index in [1.54, 1.807) is 18.4 Å². The van der Waals surface area contributed by atoms with Crippen molar-refractivity contribution in [1.82, 2.24) is 8.61 Å². The normalized spacial score (nSPS) is 25.6. The molecule has 1 rings (SSSR count). The number of hydrogen-bond donors (Lipinski definition) is 0. The largest absolute Gasteiger partial charge is 0.281 e. The van der Waals surface area contributed by atoms with Crippen LogP contribution < -0.4 is 0 Å². The summed E-state index contributed by atoms with van der Waals surface area (Å²) in [5, 5.41) is 0.457. The fourth-order valence-corrected chi connectivity index (χ4v) is 3.92. The standard InChI is InChI=1S/C8H18N2O2S2/c1-4-8-7-10(5-6-13-8)14(11,12)9(2)3/h8H,4-7H2,1-3H3. The smallest absolute Gasteiger partial charge is 0.195 e. The van der Waals surface area contributed by atoms with Gasteiger partial charge in [0, 0.05) is 38.2 Å². The molecule has 1 atom stereocenters. The molecule has 0 spiro atoms. The molecule has 0 amide bonds. The number of nitrogens with zero attached hydrogens (tertiary/aromatic N) is 2. The highest BCUT2D eigenvalue weighted by molar-refractivity contribution is 8.00. The van der Waals surface area contributed by atoms with Gasteiger partial charge in [-0.1, -0.05) is 6.92 Å². The Kier molecular flexibility index (Phi) is 4.24. The molecule has 1 aliphatic heterocycles. The summed E-state index contributed by atoms with van der Waals surface area (Å²) >= 11 is 1.87. The topological polar surface area (TPSA) is 40.6 Å². The van der Waals surface area contributed by atoms with Gasteiger partial charge in [-0.3, -0.25) is 0 Å². The zero-order chi connectivity index (χ0) is 10.8. The van der Waals surface area contributed by atoms with Gasteiger partial charge < -0.3 is 0 Å². The average Bonchev–Trinajstić information content (AvgIpc) is 2.17. The highest BCUT2D eigenvalue weighted by Crippen LogP contribution is 2.23. The van der Waals surface area contributed by atoms with Crippen molar-refractivity contribution in [2.75, 3.05) is 32.9 Å². The molecule has 0 bridgehead atoms. The molecule has 0 radical (unpaired) electrons. The second-order valence-electron chi connectivity index (χ2n) is 3.55. The summed E-state index contributed by atoms with van der Waals surface area (Å²) < 4.78 is 26.4. The maximum absolute atomic E-state index is 11.8. The molecule has 1 heterocycles. The van der Waals surface area contributed by atoms with Crippen LogP contribution in [0.25, 0.3) is 0 Å². The van der Waals surface area contributed by atoms with Crippen LogP contribution in [0, 0.1) is 0 Å². The maximum atomic E-state index is 11.8. The molecule has 0 aromatic heterocycles. The Hall–Kier alpha value is 0.220. The van der Waals surface area contributed by atoms with Crippen molar-refractivity contribution < 1.29 is 8.42 Å². The minimum absolute atomic E-state index is 0.457. The zero-order valence-corrected chi connectivity index (χ0v) is 10.6. The fourth-order valence-electron chi connectivity index (χ4n) is 1.38. The van der Waals surface area contributed by atoms with Crippen molar-refractivity contribution in [2.24, 2.45) is 0 Å². The van der Waals surface area contributed by atoms with Crippen molar-refractivity contribution >= 4 is 22.0 Å². The lowest BCUT2D eigenvalue weighted by Crippen LogP contribution is -2.46. The number of hydrogen-bond acceptors (Lipinski definition) is 3. The molecule has 0 saturated carbocycles. The molecule has 1 aliphatic rings. The van der Waals surface area contributed by atoms with Gasteiger partial charge >= 0.3 is 0 Å². The molecule has 6 heteroatoms. The monoisotopic (exact) mass is 238 g/mol. The first kappa shape index (κ1) is 12.3. The molecule has 0 N–H and O–H groups in total. The average molecular weight is 238 g/mol. The summed E-state index contributed by atoms with van der Waals surface area (Å²) in [5.74, 6) is 0.908. The SMILES string of the molecule is CCC1CN(S(=O)(=O)N(C)C)CCS1. The predicted molar refractivity (Wildman–Crippen MR) is 60.7 cm³/mol. The molecule has 1 fully saturated rings. The summed E-state index contributed by atoms with van der Waals surface area (Å²) in [7, 11) is -0.0269. The Morgan fingerprint density at radius 1 is 1.50 bits per heavy atom. The van der Waals surface area contributed by atoms with E-state index >= 15 is 0 Å². The van der Waals surface area contributed by atoms with Crippen LogP contribution in [0.4, 0.5) is 0 Å². The highest BCUT2D eigenvalue weighted by atomic mass is 32.2. The lowest BCUT2D eigenvalue weighted by Gasteiger charge is -2.32. The van der Waals surface area contributed by atoms with Crippen LogP contribution in [0.5, 0.6) is 0 Å². The first-order valence-electron chi connectivity index (χ1n) is 4.77. The van der Waals surface area contributed by atoms with Gasteiger partial charge in [0.1, 0.15) is 0 Å². The van der Waals surface area contributed by atoms with Gasteiger partial charge in [-0.05, 0) is 6.42 Å². The molecular weight excluding hydrogens is 220 g/mol. The lowest BCUT2D eigenvalue weighted by molar-refractivity contribution is 0.379. The second-order valence-corrected chi connectivity index (χ2v) is 7.10. The van der Waals surface area contributed by atoms with E-state index in [9.17, 15) is 8.42 Å². The molecule has 84 valence electrons. The molecule has 4 nitrogen and oxygen atoms in total. The van der Waals surface area contributed by atoms with Gasteiger partial charge in [0.25, 0.3) is 10.2 Å². The van der Waals surface area contributed by atoms with Crippen LogP contribution in [0.15, 0.2) is 0 Å². The third-order valence-electron chi connectivity index (χ3n) is 2.34. The van der Waals surface area contributed by atoms with E-state index in [2.05, 4.69) is 6.92 Å². The van der Waals surface area contributed by atoms with E-state index in [0.29, 0.717) is 18.3 Å². The van der Waals surface area contributed by atoms with Gasteiger partial charge in [0.2, 0.25) is 0 Å². The van der Waals surface area contributed by atoms with Crippen LogP contribution in [-0.4, -0.2) is 55.2 Å². The van der Waals surface area contributed by atoms with E-state index in [0.717, 1.165) is 12.2 Å². The summed E-state index contributed by atoms with van der Waals surface area (Å²) in [4.78, 5) is 0. The molecule has 1 unspecified atom stereocenters. The van der Waals surface area contributed by atoms with Gasteiger partial charge in [0.05, 0.1) is 0 Å². The highest BCUT2D eigenvalue weighted by Gasteiger charge is 2.29. The van der Waals surface area contributed by atoms with Crippen molar-refractivity contribution in [3.8, 4) is 0 Å². The van der Waals surface area contributed by atoms with Gasteiger partial charge in [-0.25, -0.2) is 0 Å². The first-order valence-corrected chi connectivity index (χ1v) is 7.22. The molecule has 0 aromatic carbocycles. The quantitative estimate of drug-likeness (QED) is 0.724. The fraction of sp³-hybridized carbons (Fsp3) is 1.00. The van der Waals surface area contributed by atoms with Crippen LogP contribution in [0.3, 0.4) is 0 Å². The first-order chi connectivity index (χ1) is 6.48. The van der Waals surface area contributed by atoms with Crippen LogP contribution in [0.2, 0.25) is 0 Å². The van der Waals surface area contributed by atoms with Crippen molar-refractivity contribution in [1.29, 1.82) is 0 Å². The molecule has 0 aromatic rings. The van der Waals surface area contributed by atoms with Gasteiger partial charge in [-0.15, -0.1) is 0 Å². The second kappa shape index (κ2) is 4.83. The van der Waals surface area contributed by atoms with Crippen molar-refractivity contribution in [2.45, 2.75) is 18.6 Å².